The Labute approximate surface area is 116 Å². The quantitative estimate of drug-likeness (QED) is 0.751. The number of hydrogen-bond donors (Lipinski definition) is 1. The molecule has 0 aromatic carbocycles. The van der Waals surface area contributed by atoms with Gasteiger partial charge in [-0.05, 0) is 30.9 Å². The molecule has 17 heavy (non-hydrogen) atoms. The van der Waals surface area contributed by atoms with E-state index in [1.54, 1.807) is 12.1 Å². The number of alkyl halides is 1. The van der Waals surface area contributed by atoms with Crippen molar-refractivity contribution in [2.45, 2.75) is 26.2 Å². The third-order valence-electron chi connectivity index (χ3n) is 2.56. The zero-order chi connectivity index (χ0) is 12.7. The third kappa shape index (κ3) is 5.28. The summed E-state index contributed by atoms with van der Waals surface area (Å²) in [5.74, 6) is 1.07. The first-order valence-electron chi connectivity index (χ1n) is 5.76. The molecular formula is C12H17Cl2NOS. The van der Waals surface area contributed by atoms with E-state index in [-0.39, 0.29) is 5.91 Å². The number of amides is 1. The van der Waals surface area contributed by atoms with Crippen molar-refractivity contribution in [3.8, 4) is 0 Å². The van der Waals surface area contributed by atoms with Crippen LogP contribution in [0.5, 0.6) is 0 Å². The second-order valence-electron chi connectivity index (χ2n) is 3.95. The summed E-state index contributed by atoms with van der Waals surface area (Å²) >= 11 is 12.8. The van der Waals surface area contributed by atoms with Gasteiger partial charge in [0.05, 0.1) is 9.21 Å². The van der Waals surface area contributed by atoms with E-state index < -0.39 is 0 Å². The summed E-state index contributed by atoms with van der Waals surface area (Å²) in [7, 11) is 0. The molecule has 1 rings (SSSR count). The van der Waals surface area contributed by atoms with Crippen molar-refractivity contribution in [2.75, 3.05) is 12.4 Å². The Balaban J connectivity index is 2.40. The van der Waals surface area contributed by atoms with Gasteiger partial charge >= 0.3 is 0 Å². The van der Waals surface area contributed by atoms with E-state index in [1.165, 1.54) is 11.3 Å². The van der Waals surface area contributed by atoms with Crippen molar-refractivity contribution >= 4 is 40.4 Å². The first-order valence-corrected chi connectivity index (χ1v) is 7.49. The van der Waals surface area contributed by atoms with Crippen LogP contribution >= 0.6 is 34.5 Å². The molecule has 0 aliphatic rings. The van der Waals surface area contributed by atoms with Gasteiger partial charge in [-0.25, -0.2) is 0 Å². The lowest BCUT2D eigenvalue weighted by atomic mass is 10.0. The van der Waals surface area contributed by atoms with Gasteiger partial charge in [-0.2, -0.15) is 0 Å². The van der Waals surface area contributed by atoms with Gasteiger partial charge in [0.2, 0.25) is 0 Å². The third-order valence-corrected chi connectivity index (χ3v) is 4.01. The van der Waals surface area contributed by atoms with Gasteiger partial charge < -0.3 is 5.32 Å². The van der Waals surface area contributed by atoms with Crippen molar-refractivity contribution in [3.05, 3.63) is 21.3 Å². The van der Waals surface area contributed by atoms with Crippen molar-refractivity contribution in [1.29, 1.82) is 0 Å². The Kier molecular flexibility index (Phi) is 6.93. The summed E-state index contributed by atoms with van der Waals surface area (Å²) in [6, 6.07) is 3.49. The number of halogens is 2. The number of thiophene rings is 1. The van der Waals surface area contributed by atoms with E-state index in [2.05, 4.69) is 12.2 Å². The second-order valence-corrected chi connectivity index (χ2v) is 6.04. The highest BCUT2D eigenvalue weighted by Crippen LogP contribution is 2.21. The lowest BCUT2D eigenvalue weighted by molar-refractivity contribution is 0.0950. The molecule has 0 spiro atoms. The highest BCUT2D eigenvalue weighted by Gasteiger charge is 2.12. The summed E-state index contributed by atoms with van der Waals surface area (Å²) in [4.78, 5) is 12.4. The summed E-state index contributed by atoms with van der Waals surface area (Å²) in [5.41, 5.74) is 0. The van der Waals surface area contributed by atoms with Gasteiger partial charge in [0.25, 0.3) is 5.91 Å². The van der Waals surface area contributed by atoms with Crippen molar-refractivity contribution in [1.82, 2.24) is 5.32 Å². The van der Waals surface area contributed by atoms with E-state index in [1.807, 2.05) is 0 Å². The first kappa shape index (κ1) is 14.8. The topological polar surface area (TPSA) is 29.1 Å². The van der Waals surface area contributed by atoms with Crippen LogP contribution in [-0.2, 0) is 0 Å². The maximum absolute atomic E-state index is 11.8. The molecule has 0 saturated heterocycles. The van der Waals surface area contributed by atoms with Crippen molar-refractivity contribution in [3.63, 3.8) is 0 Å². The number of hydrogen-bond acceptors (Lipinski definition) is 2. The van der Waals surface area contributed by atoms with Crippen LogP contribution in [0.15, 0.2) is 12.1 Å². The number of nitrogens with one attached hydrogen (secondary N) is 1. The van der Waals surface area contributed by atoms with E-state index in [9.17, 15) is 4.79 Å². The predicted octanol–water partition coefficient (Wildman–Crippen LogP) is 4.18. The molecule has 1 aromatic heterocycles. The first-order chi connectivity index (χ1) is 8.17. The van der Waals surface area contributed by atoms with Gasteiger partial charge in [0.1, 0.15) is 0 Å². The Morgan fingerprint density at radius 1 is 1.47 bits per heavy atom. The average molecular weight is 294 g/mol. The molecule has 1 unspecified atom stereocenters. The molecule has 1 atom stereocenters. The molecule has 2 nitrogen and oxygen atoms in total. The molecule has 1 N–H and O–H groups in total. The van der Waals surface area contributed by atoms with Gasteiger partial charge in [-0.3, -0.25) is 4.79 Å². The van der Waals surface area contributed by atoms with Gasteiger partial charge in [0.15, 0.2) is 0 Å². The standard InChI is InChI=1S/C12H17Cl2NOS/c1-2-3-9(6-7-13)8-15-12(16)10-4-5-11(14)17-10/h4-5,9H,2-3,6-8H2,1H3,(H,15,16). The maximum atomic E-state index is 11.8. The Bertz CT molecular complexity index is 348. The molecule has 5 heteroatoms. The van der Waals surface area contributed by atoms with E-state index in [4.69, 9.17) is 23.2 Å². The summed E-state index contributed by atoms with van der Waals surface area (Å²) in [6.07, 6.45) is 3.15. The largest absolute Gasteiger partial charge is 0.351 e. The smallest absolute Gasteiger partial charge is 0.261 e. The molecule has 0 aliphatic carbocycles. The summed E-state index contributed by atoms with van der Waals surface area (Å²) in [5, 5.41) is 2.94. The molecule has 0 aliphatic heterocycles. The highest BCUT2D eigenvalue weighted by molar-refractivity contribution is 7.17. The van der Waals surface area contributed by atoms with Crippen LogP contribution in [0.1, 0.15) is 35.9 Å². The fourth-order valence-corrected chi connectivity index (χ4v) is 2.94. The van der Waals surface area contributed by atoms with E-state index in [0.717, 1.165) is 19.3 Å². The minimum absolute atomic E-state index is 0.0439. The van der Waals surface area contributed by atoms with E-state index >= 15 is 0 Å². The number of rotatable bonds is 7. The fourth-order valence-electron chi connectivity index (χ4n) is 1.67. The van der Waals surface area contributed by atoms with Crippen LogP contribution in [0.2, 0.25) is 4.34 Å². The van der Waals surface area contributed by atoms with Crippen LogP contribution in [0, 0.1) is 5.92 Å². The summed E-state index contributed by atoms with van der Waals surface area (Å²) < 4.78 is 0.640. The van der Waals surface area contributed by atoms with E-state index in [0.29, 0.717) is 27.6 Å². The zero-order valence-corrected chi connectivity index (χ0v) is 12.2. The van der Waals surface area contributed by atoms with Gasteiger partial charge in [-0.1, -0.05) is 24.9 Å². The van der Waals surface area contributed by atoms with Crippen LogP contribution < -0.4 is 5.32 Å². The number of carbonyl (C=O) groups is 1. The van der Waals surface area contributed by atoms with Gasteiger partial charge in [0, 0.05) is 12.4 Å². The number of carbonyl (C=O) groups excluding carboxylic acids is 1. The Morgan fingerprint density at radius 2 is 2.24 bits per heavy atom. The van der Waals surface area contributed by atoms with Crippen molar-refractivity contribution in [2.24, 2.45) is 5.92 Å². The minimum atomic E-state index is -0.0439. The van der Waals surface area contributed by atoms with Crippen LogP contribution in [0.25, 0.3) is 0 Å². The maximum Gasteiger partial charge on any atom is 0.261 e. The van der Waals surface area contributed by atoms with Crippen molar-refractivity contribution < 1.29 is 4.79 Å². The molecule has 96 valence electrons. The molecule has 0 saturated carbocycles. The van der Waals surface area contributed by atoms with Crippen LogP contribution in [0.4, 0.5) is 0 Å². The molecule has 0 bridgehead atoms. The molecular weight excluding hydrogens is 277 g/mol. The molecule has 1 heterocycles. The normalized spacial score (nSPS) is 12.4. The minimum Gasteiger partial charge on any atom is -0.351 e. The zero-order valence-electron chi connectivity index (χ0n) is 9.84. The molecule has 0 fully saturated rings. The lowest BCUT2D eigenvalue weighted by Crippen LogP contribution is -2.29. The fraction of sp³-hybridized carbons (Fsp3) is 0.583. The highest BCUT2D eigenvalue weighted by atomic mass is 35.5. The lowest BCUT2D eigenvalue weighted by Gasteiger charge is -2.15. The Hall–Kier alpha value is -0.250. The second kappa shape index (κ2) is 7.96. The average Bonchev–Trinajstić information content (AvgIpc) is 2.73. The Morgan fingerprint density at radius 3 is 2.76 bits per heavy atom. The monoisotopic (exact) mass is 293 g/mol. The SMILES string of the molecule is CCCC(CCCl)CNC(=O)c1ccc(Cl)s1. The van der Waals surface area contributed by atoms with Crippen LogP contribution in [0.3, 0.4) is 0 Å². The molecule has 0 radical (unpaired) electrons. The molecule has 1 aromatic rings. The summed E-state index contributed by atoms with van der Waals surface area (Å²) in [6.45, 7) is 2.83. The predicted molar refractivity (Wildman–Crippen MR) is 75.4 cm³/mol. The van der Waals surface area contributed by atoms with Crippen LogP contribution in [-0.4, -0.2) is 18.3 Å². The van der Waals surface area contributed by atoms with Gasteiger partial charge in [-0.15, -0.1) is 22.9 Å². The molecule has 1 amide bonds.